The number of aliphatic carboxylic acids is 1. The second-order valence-corrected chi connectivity index (χ2v) is 6.81. The molecular weight excluding hydrogens is 357 g/mol. The molecule has 5 nitrogen and oxygen atoms in total. The first kappa shape index (κ1) is 19.8. The number of hydrogen-bond donors (Lipinski definition) is 2. The van der Waals surface area contributed by atoms with E-state index in [0.29, 0.717) is 17.1 Å². The van der Waals surface area contributed by atoms with E-state index in [1.807, 2.05) is 0 Å². The molecule has 0 radical (unpaired) electrons. The third kappa shape index (κ3) is 5.49. The molecule has 0 aliphatic rings. The van der Waals surface area contributed by atoms with Gasteiger partial charge >= 0.3 is 5.97 Å². The van der Waals surface area contributed by atoms with Gasteiger partial charge in [-0.15, -0.1) is 11.8 Å². The highest BCUT2D eigenvalue weighted by molar-refractivity contribution is 7.99. The van der Waals surface area contributed by atoms with Gasteiger partial charge in [-0.05, 0) is 42.0 Å². The maximum absolute atomic E-state index is 12.9. The summed E-state index contributed by atoms with van der Waals surface area (Å²) in [5.41, 5.74) is 0.463. The van der Waals surface area contributed by atoms with Gasteiger partial charge in [0.15, 0.2) is 6.04 Å². The molecule has 2 N–H and O–H groups in total. The summed E-state index contributed by atoms with van der Waals surface area (Å²) in [6.07, 6.45) is 0. The van der Waals surface area contributed by atoms with E-state index in [2.05, 4.69) is 5.32 Å². The standard InChI is InChI=1S/C19H20FNO4S/c1-12(11-26-16-9-5-14(20)6-10-16)18(22)21-17(19(23)24)13-3-7-15(25-2)8-4-13/h3-10,12,17H,11H2,1-2H3,(H,21,22)(H,23,24). The van der Waals surface area contributed by atoms with Crippen LogP contribution in [0.3, 0.4) is 0 Å². The number of methoxy groups -OCH3 is 1. The number of hydrogen-bond acceptors (Lipinski definition) is 4. The number of thioether (sulfide) groups is 1. The van der Waals surface area contributed by atoms with E-state index in [-0.39, 0.29) is 11.7 Å². The summed E-state index contributed by atoms with van der Waals surface area (Å²) in [6.45, 7) is 1.72. The Labute approximate surface area is 155 Å². The number of carbonyl (C=O) groups is 2. The summed E-state index contributed by atoms with van der Waals surface area (Å²) in [5, 5.41) is 12.0. The van der Waals surface area contributed by atoms with Crippen LogP contribution in [-0.4, -0.2) is 29.8 Å². The van der Waals surface area contributed by atoms with Crippen LogP contribution in [0.5, 0.6) is 5.75 Å². The molecule has 2 aromatic carbocycles. The van der Waals surface area contributed by atoms with Crippen LogP contribution in [0.2, 0.25) is 0 Å². The van der Waals surface area contributed by atoms with E-state index >= 15 is 0 Å². The van der Waals surface area contributed by atoms with E-state index in [0.717, 1.165) is 4.90 Å². The molecule has 26 heavy (non-hydrogen) atoms. The third-order valence-corrected chi connectivity index (χ3v) is 5.02. The molecule has 0 heterocycles. The average molecular weight is 377 g/mol. The predicted molar refractivity (Wildman–Crippen MR) is 97.8 cm³/mol. The Balaban J connectivity index is 1.97. The van der Waals surface area contributed by atoms with Gasteiger partial charge in [0.25, 0.3) is 0 Å². The Bertz CT molecular complexity index is 749. The van der Waals surface area contributed by atoms with Crippen LogP contribution < -0.4 is 10.1 Å². The summed E-state index contributed by atoms with van der Waals surface area (Å²) in [4.78, 5) is 24.7. The molecule has 0 saturated carbocycles. The summed E-state index contributed by atoms with van der Waals surface area (Å²) in [7, 11) is 1.52. The molecule has 0 aliphatic carbocycles. The molecule has 2 aromatic rings. The summed E-state index contributed by atoms with van der Waals surface area (Å²) < 4.78 is 18.0. The quantitative estimate of drug-likeness (QED) is 0.689. The lowest BCUT2D eigenvalue weighted by atomic mass is 10.1. The van der Waals surface area contributed by atoms with Crippen LogP contribution in [-0.2, 0) is 9.59 Å². The summed E-state index contributed by atoms with van der Waals surface area (Å²) in [5.74, 6) is -1.17. The minimum atomic E-state index is -1.14. The minimum absolute atomic E-state index is 0.316. The van der Waals surface area contributed by atoms with Crippen molar-refractivity contribution in [1.82, 2.24) is 5.32 Å². The Morgan fingerprint density at radius 2 is 1.77 bits per heavy atom. The van der Waals surface area contributed by atoms with Crippen LogP contribution in [0.1, 0.15) is 18.5 Å². The van der Waals surface area contributed by atoms with Crippen molar-refractivity contribution < 1.29 is 23.8 Å². The van der Waals surface area contributed by atoms with Crippen LogP contribution in [0.15, 0.2) is 53.4 Å². The summed E-state index contributed by atoms with van der Waals surface area (Å²) in [6, 6.07) is 11.4. The Morgan fingerprint density at radius 3 is 2.31 bits per heavy atom. The van der Waals surface area contributed by atoms with Crippen molar-refractivity contribution >= 4 is 23.6 Å². The van der Waals surface area contributed by atoms with E-state index in [4.69, 9.17) is 4.74 Å². The monoisotopic (exact) mass is 377 g/mol. The predicted octanol–water partition coefficient (Wildman–Crippen LogP) is 3.50. The highest BCUT2D eigenvalue weighted by atomic mass is 32.2. The molecule has 0 bridgehead atoms. The van der Waals surface area contributed by atoms with Gasteiger partial charge in [0.2, 0.25) is 5.91 Å². The molecule has 138 valence electrons. The molecular formula is C19H20FNO4S. The molecule has 0 aliphatic heterocycles. The zero-order valence-electron chi connectivity index (χ0n) is 14.4. The van der Waals surface area contributed by atoms with Crippen molar-refractivity contribution in [2.24, 2.45) is 5.92 Å². The lowest BCUT2D eigenvalue weighted by Gasteiger charge is -2.18. The number of nitrogens with one attached hydrogen (secondary N) is 1. The largest absolute Gasteiger partial charge is 0.497 e. The highest BCUT2D eigenvalue weighted by Crippen LogP contribution is 2.22. The average Bonchev–Trinajstić information content (AvgIpc) is 2.65. The van der Waals surface area contributed by atoms with E-state index in [1.54, 1.807) is 43.3 Å². The molecule has 7 heteroatoms. The first-order valence-corrected chi connectivity index (χ1v) is 8.94. The fraction of sp³-hybridized carbons (Fsp3) is 0.263. The van der Waals surface area contributed by atoms with Crippen molar-refractivity contribution in [3.05, 3.63) is 59.9 Å². The number of rotatable bonds is 8. The Morgan fingerprint density at radius 1 is 1.15 bits per heavy atom. The first-order chi connectivity index (χ1) is 12.4. The van der Waals surface area contributed by atoms with Gasteiger partial charge in [0, 0.05) is 16.6 Å². The van der Waals surface area contributed by atoms with E-state index < -0.39 is 17.9 Å². The van der Waals surface area contributed by atoms with Gasteiger partial charge in [0.05, 0.1) is 7.11 Å². The van der Waals surface area contributed by atoms with Gasteiger partial charge in [-0.3, -0.25) is 4.79 Å². The van der Waals surface area contributed by atoms with Gasteiger partial charge < -0.3 is 15.2 Å². The molecule has 2 unspecified atom stereocenters. The number of carbonyl (C=O) groups excluding carboxylic acids is 1. The van der Waals surface area contributed by atoms with Crippen LogP contribution in [0.4, 0.5) is 4.39 Å². The number of halogens is 1. The van der Waals surface area contributed by atoms with Gasteiger partial charge in [0.1, 0.15) is 11.6 Å². The molecule has 0 aromatic heterocycles. The second kappa shape index (κ2) is 9.24. The van der Waals surface area contributed by atoms with Crippen molar-refractivity contribution in [3.63, 3.8) is 0 Å². The van der Waals surface area contributed by atoms with E-state index in [9.17, 15) is 19.1 Å². The van der Waals surface area contributed by atoms with Crippen molar-refractivity contribution in [2.75, 3.05) is 12.9 Å². The fourth-order valence-corrected chi connectivity index (χ4v) is 3.12. The zero-order chi connectivity index (χ0) is 19.1. The fourth-order valence-electron chi connectivity index (χ4n) is 2.20. The lowest BCUT2D eigenvalue weighted by Crippen LogP contribution is -2.37. The molecule has 2 atom stereocenters. The Kier molecular flexibility index (Phi) is 7.03. The smallest absolute Gasteiger partial charge is 0.330 e. The summed E-state index contributed by atoms with van der Waals surface area (Å²) >= 11 is 1.41. The third-order valence-electron chi connectivity index (χ3n) is 3.74. The minimum Gasteiger partial charge on any atom is -0.497 e. The van der Waals surface area contributed by atoms with Crippen LogP contribution in [0, 0.1) is 11.7 Å². The highest BCUT2D eigenvalue weighted by Gasteiger charge is 2.24. The van der Waals surface area contributed by atoms with E-state index in [1.165, 1.54) is 31.0 Å². The van der Waals surface area contributed by atoms with Crippen LogP contribution in [0.25, 0.3) is 0 Å². The number of benzene rings is 2. The maximum Gasteiger partial charge on any atom is 0.330 e. The number of amides is 1. The Hall–Kier alpha value is -2.54. The normalized spacial score (nSPS) is 12.9. The van der Waals surface area contributed by atoms with Crippen LogP contribution >= 0.6 is 11.8 Å². The van der Waals surface area contributed by atoms with Gasteiger partial charge in [-0.25, -0.2) is 9.18 Å². The van der Waals surface area contributed by atoms with Crippen molar-refractivity contribution in [2.45, 2.75) is 17.9 Å². The maximum atomic E-state index is 12.9. The lowest BCUT2D eigenvalue weighted by molar-refractivity contribution is -0.142. The first-order valence-electron chi connectivity index (χ1n) is 7.96. The molecule has 0 saturated heterocycles. The number of carboxylic acids is 1. The zero-order valence-corrected chi connectivity index (χ0v) is 15.3. The SMILES string of the molecule is COc1ccc(C(NC(=O)C(C)CSc2ccc(F)cc2)C(=O)O)cc1. The second-order valence-electron chi connectivity index (χ2n) is 5.72. The molecule has 1 amide bonds. The van der Waals surface area contributed by atoms with Gasteiger partial charge in [-0.1, -0.05) is 19.1 Å². The van der Waals surface area contributed by atoms with Crippen molar-refractivity contribution in [1.29, 1.82) is 0 Å². The molecule has 0 spiro atoms. The number of ether oxygens (including phenoxy) is 1. The molecule has 2 rings (SSSR count). The number of carboxylic acid groups (broad SMARTS) is 1. The van der Waals surface area contributed by atoms with Crippen molar-refractivity contribution in [3.8, 4) is 5.75 Å². The molecule has 0 fully saturated rings. The topological polar surface area (TPSA) is 75.6 Å². The van der Waals surface area contributed by atoms with Gasteiger partial charge in [-0.2, -0.15) is 0 Å².